The van der Waals surface area contributed by atoms with Gasteiger partial charge in [-0.3, -0.25) is 4.79 Å². The molecule has 0 saturated heterocycles. The molecule has 0 fully saturated rings. The van der Waals surface area contributed by atoms with Crippen LogP contribution < -0.4 is 10.1 Å². The van der Waals surface area contributed by atoms with E-state index in [0.717, 1.165) is 4.31 Å². The molecule has 0 aromatic heterocycles. The van der Waals surface area contributed by atoms with E-state index in [1.54, 1.807) is 24.3 Å². The first-order valence-electron chi connectivity index (χ1n) is 7.31. The first-order valence-corrected chi connectivity index (χ1v) is 8.71. The second kappa shape index (κ2) is 6.27. The fourth-order valence-corrected chi connectivity index (χ4v) is 3.00. The lowest BCUT2D eigenvalue weighted by molar-refractivity contribution is -0.119. The predicted molar refractivity (Wildman–Crippen MR) is 92.2 cm³/mol. The number of hydrogen-bond donors (Lipinski definition) is 1. The Kier molecular flexibility index (Phi) is 4.70. The van der Waals surface area contributed by atoms with Gasteiger partial charge < -0.3 is 10.1 Å². The minimum absolute atomic E-state index is 0.0118. The first-order chi connectivity index (χ1) is 11.0. The number of likely N-dealkylation sites (N-methyl/N-ethyl adjacent to an activating group) is 1. The van der Waals surface area contributed by atoms with Crippen LogP contribution in [0.2, 0.25) is 0 Å². The third-order valence-electron chi connectivity index (χ3n) is 3.26. The second-order valence-electron chi connectivity index (χ2n) is 6.39. The molecule has 0 aliphatic carbocycles. The van der Waals surface area contributed by atoms with Gasteiger partial charge in [0.2, 0.25) is 0 Å². The number of nitrogens with one attached hydrogen (secondary N) is 1. The molecular weight excluding hydrogens is 330 g/mol. The van der Waals surface area contributed by atoms with Gasteiger partial charge >= 0.3 is 10.2 Å². The van der Waals surface area contributed by atoms with E-state index in [1.165, 1.54) is 20.2 Å². The molecule has 130 valence electrons. The molecule has 0 saturated carbocycles. The fraction of sp³-hybridized carbons (Fsp3) is 0.375. The van der Waals surface area contributed by atoms with Gasteiger partial charge in [-0.05, 0) is 39.0 Å². The molecule has 1 aliphatic heterocycles. The Morgan fingerprint density at radius 1 is 1.29 bits per heavy atom. The Morgan fingerprint density at radius 3 is 2.54 bits per heavy atom. The van der Waals surface area contributed by atoms with Crippen molar-refractivity contribution < 1.29 is 17.9 Å². The average molecular weight is 351 g/mol. The minimum Gasteiger partial charge on any atom is -0.497 e. The van der Waals surface area contributed by atoms with Gasteiger partial charge in [0.1, 0.15) is 11.4 Å². The van der Waals surface area contributed by atoms with Crippen molar-refractivity contribution in [1.29, 1.82) is 0 Å². The summed E-state index contributed by atoms with van der Waals surface area (Å²) in [4.78, 5) is 12.4. The highest BCUT2D eigenvalue weighted by atomic mass is 32.2. The van der Waals surface area contributed by atoms with Gasteiger partial charge in [0, 0.05) is 18.2 Å². The zero-order valence-corrected chi connectivity index (χ0v) is 15.1. The lowest BCUT2D eigenvalue weighted by Gasteiger charge is -2.27. The first kappa shape index (κ1) is 18.0. The molecule has 1 amide bonds. The average Bonchev–Trinajstić information content (AvgIpc) is 2.48. The highest BCUT2D eigenvalue weighted by molar-refractivity contribution is 7.88. The molecule has 8 heteroatoms. The Hall–Kier alpha value is -2.35. The lowest BCUT2D eigenvalue weighted by atomic mass is 10.1. The van der Waals surface area contributed by atoms with Gasteiger partial charge in [-0.2, -0.15) is 8.42 Å². The van der Waals surface area contributed by atoms with E-state index in [0.29, 0.717) is 11.3 Å². The van der Waals surface area contributed by atoms with Gasteiger partial charge in [0.05, 0.1) is 12.8 Å². The molecule has 2 rings (SSSR count). The van der Waals surface area contributed by atoms with Crippen molar-refractivity contribution in [2.24, 2.45) is 4.40 Å². The summed E-state index contributed by atoms with van der Waals surface area (Å²) >= 11 is 0. The largest absolute Gasteiger partial charge is 0.497 e. The Labute approximate surface area is 142 Å². The van der Waals surface area contributed by atoms with Crippen molar-refractivity contribution in [2.45, 2.75) is 26.3 Å². The summed E-state index contributed by atoms with van der Waals surface area (Å²) < 4.78 is 34.4. The SMILES string of the molecule is COc1cccc(C2=NS(=O)(=O)N(C)C(C(=O)NC(C)(C)C)=C2)c1. The maximum atomic E-state index is 12.4. The standard InChI is InChI=1S/C16H21N3O4S/c1-16(2,3)17-15(20)14-10-13(18-24(21,22)19(14)4)11-7-6-8-12(9-11)23-5/h6-10H,1-5H3,(H,17,20). The van der Waals surface area contributed by atoms with Crippen molar-refractivity contribution in [3.05, 3.63) is 41.6 Å². The highest BCUT2D eigenvalue weighted by Crippen LogP contribution is 2.22. The quantitative estimate of drug-likeness (QED) is 0.893. The van der Waals surface area contributed by atoms with Gasteiger partial charge in [-0.25, -0.2) is 4.31 Å². The molecule has 7 nitrogen and oxygen atoms in total. The van der Waals surface area contributed by atoms with Crippen LogP contribution in [-0.4, -0.2) is 44.0 Å². The molecule has 0 unspecified atom stereocenters. The monoisotopic (exact) mass is 351 g/mol. The summed E-state index contributed by atoms with van der Waals surface area (Å²) in [5.74, 6) is 0.0875. The molecule has 1 aliphatic rings. The maximum Gasteiger partial charge on any atom is 0.345 e. The molecular formula is C16H21N3O4S. The van der Waals surface area contributed by atoms with Gasteiger partial charge in [-0.15, -0.1) is 4.40 Å². The van der Waals surface area contributed by atoms with Crippen LogP contribution in [-0.2, 0) is 15.0 Å². The maximum absolute atomic E-state index is 12.4. The third kappa shape index (κ3) is 3.94. The van der Waals surface area contributed by atoms with Crippen molar-refractivity contribution in [3.8, 4) is 5.75 Å². The van der Waals surface area contributed by atoms with E-state index >= 15 is 0 Å². The topological polar surface area (TPSA) is 88.1 Å². The number of allylic oxidation sites excluding steroid dienone is 1. The van der Waals surface area contributed by atoms with E-state index < -0.39 is 21.7 Å². The predicted octanol–water partition coefficient (Wildman–Crippen LogP) is 1.47. The minimum atomic E-state index is -3.98. The summed E-state index contributed by atoms with van der Waals surface area (Å²) in [6.45, 7) is 5.46. The van der Waals surface area contributed by atoms with Crippen molar-refractivity contribution in [2.75, 3.05) is 14.2 Å². The van der Waals surface area contributed by atoms with Gasteiger partial charge in [0.15, 0.2) is 0 Å². The Morgan fingerprint density at radius 2 is 1.96 bits per heavy atom. The molecule has 0 radical (unpaired) electrons. The number of nitrogens with zero attached hydrogens (tertiary/aromatic N) is 2. The number of hydrogen-bond acceptors (Lipinski definition) is 4. The zero-order chi connectivity index (χ0) is 18.1. The van der Waals surface area contributed by atoms with Crippen LogP contribution >= 0.6 is 0 Å². The van der Waals surface area contributed by atoms with Crippen LogP contribution in [0.3, 0.4) is 0 Å². The summed E-state index contributed by atoms with van der Waals surface area (Å²) in [6.07, 6.45) is 1.46. The molecule has 1 aromatic carbocycles. The second-order valence-corrected chi connectivity index (χ2v) is 8.01. The van der Waals surface area contributed by atoms with Gasteiger partial charge in [-0.1, -0.05) is 12.1 Å². The summed E-state index contributed by atoms with van der Waals surface area (Å²) in [7, 11) is -1.16. The summed E-state index contributed by atoms with van der Waals surface area (Å²) in [5.41, 5.74) is 0.253. The third-order valence-corrected chi connectivity index (χ3v) is 4.58. The van der Waals surface area contributed by atoms with Crippen molar-refractivity contribution in [3.63, 3.8) is 0 Å². The van der Waals surface area contributed by atoms with Crippen LogP contribution in [0, 0.1) is 0 Å². The van der Waals surface area contributed by atoms with E-state index in [2.05, 4.69) is 9.71 Å². The van der Waals surface area contributed by atoms with E-state index in [9.17, 15) is 13.2 Å². The summed E-state index contributed by atoms with van der Waals surface area (Å²) in [5, 5.41) is 2.76. The fourth-order valence-electron chi connectivity index (χ4n) is 2.09. The zero-order valence-electron chi connectivity index (χ0n) is 14.3. The highest BCUT2D eigenvalue weighted by Gasteiger charge is 2.31. The number of rotatable bonds is 3. The molecule has 1 aromatic rings. The number of ether oxygens (including phenoxy) is 1. The molecule has 0 bridgehead atoms. The number of methoxy groups -OCH3 is 1. The van der Waals surface area contributed by atoms with E-state index in [4.69, 9.17) is 4.74 Å². The van der Waals surface area contributed by atoms with Crippen LogP contribution in [0.1, 0.15) is 26.3 Å². The number of carbonyl (C=O) groups is 1. The van der Waals surface area contributed by atoms with Crippen LogP contribution in [0.5, 0.6) is 5.75 Å². The van der Waals surface area contributed by atoms with Crippen LogP contribution in [0.15, 0.2) is 40.4 Å². The Bertz CT molecular complexity index is 820. The normalized spacial score (nSPS) is 17.0. The van der Waals surface area contributed by atoms with E-state index in [-0.39, 0.29) is 11.4 Å². The number of benzene rings is 1. The van der Waals surface area contributed by atoms with Crippen molar-refractivity contribution in [1.82, 2.24) is 9.62 Å². The van der Waals surface area contributed by atoms with Gasteiger partial charge in [0.25, 0.3) is 5.91 Å². The number of amides is 1. The smallest absolute Gasteiger partial charge is 0.345 e. The summed E-state index contributed by atoms with van der Waals surface area (Å²) in [6, 6.07) is 6.84. The van der Waals surface area contributed by atoms with Crippen molar-refractivity contribution >= 4 is 21.8 Å². The van der Waals surface area contributed by atoms with E-state index in [1.807, 2.05) is 20.8 Å². The molecule has 1 heterocycles. The molecule has 0 spiro atoms. The van der Waals surface area contributed by atoms with Crippen LogP contribution in [0.4, 0.5) is 0 Å². The van der Waals surface area contributed by atoms with Crippen LogP contribution in [0.25, 0.3) is 0 Å². The number of carbonyl (C=O) groups excluding carboxylic acids is 1. The molecule has 1 N–H and O–H groups in total. The molecule has 0 atom stereocenters. The lowest BCUT2D eigenvalue weighted by Crippen LogP contribution is -2.45. The Balaban J connectivity index is 2.49. The molecule has 24 heavy (non-hydrogen) atoms.